The van der Waals surface area contributed by atoms with Crippen molar-refractivity contribution < 1.29 is 14.3 Å². The van der Waals surface area contributed by atoms with Crippen LogP contribution in [0.25, 0.3) is 6.08 Å². The van der Waals surface area contributed by atoms with Crippen LogP contribution in [0.2, 0.25) is 0 Å². The Balaban J connectivity index is 1.77. The van der Waals surface area contributed by atoms with Crippen LogP contribution in [-0.4, -0.2) is 13.0 Å². The van der Waals surface area contributed by atoms with Crippen LogP contribution in [0.5, 0.6) is 11.5 Å². The molecule has 1 aliphatic heterocycles. The minimum absolute atomic E-state index is 0.173. The maximum atomic E-state index is 12.5. The molecule has 0 saturated heterocycles. The number of carbonyl (C=O) groups is 1. The summed E-state index contributed by atoms with van der Waals surface area (Å²) in [6.45, 7) is 0.389. The van der Waals surface area contributed by atoms with Crippen LogP contribution in [0.4, 0.5) is 0 Å². The van der Waals surface area contributed by atoms with Crippen molar-refractivity contribution in [3.8, 4) is 11.5 Å². The number of rotatable bonds is 4. The molecule has 1 amide bonds. The quantitative estimate of drug-likeness (QED) is 0.862. The molecule has 0 spiro atoms. The summed E-state index contributed by atoms with van der Waals surface area (Å²) in [5, 5.41) is 2.91. The Kier molecular flexibility index (Phi) is 5.01. The molecule has 0 atom stereocenters. The van der Waals surface area contributed by atoms with Gasteiger partial charge in [-0.25, -0.2) is 0 Å². The lowest BCUT2D eigenvalue weighted by Gasteiger charge is -2.09. The molecule has 2 aromatic rings. The fourth-order valence-corrected chi connectivity index (χ4v) is 2.78. The Hall–Kier alpha value is -2.53. The molecular weight excluding hydrogens is 370 g/mol. The first-order valence-electron chi connectivity index (χ1n) is 7.42. The first-order valence-corrected chi connectivity index (χ1v) is 8.21. The van der Waals surface area contributed by atoms with Crippen LogP contribution >= 0.6 is 15.9 Å². The minimum atomic E-state index is -0.173. The Bertz CT molecular complexity index is 827. The summed E-state index contributed by atoms with van der Waals surface area (Å²) < 4.78 is 11.8. The highest BCUT2D eigenvalue weighted by Gasteiger charge is 2.13. The summed E-state index contributed by atoms with van der Waals surface area (Å²) in [7, 11) is 1.61. The standard InChI is InChI=1S/C19H16BrNO3/c1-23-17-5-3-2-4-14(17)12-21-19(22)13-8-9-24-18-7-6-16(20)11-15(18)10-13/h2-11H,12H2,1H3,(H,21,22). The summed E-state index contributed by atoms with van der Waals surface area (Å²) in [6.07, 6.45) is 4.99. The molecule has 122 valence electrons. The van der Waals surface area contributed by atoms with Crippen LogP contribution < -0.4 is 14.8 Å². The lowest BCUT2D eigenvalue weighted by atomic mass is 10.1. The number of halogens is 1. The molecule has 1 N–H and O–H groups in total. The zero-order valence-corrected chi connectivity index (χ0v) is 14.7. The number of carbonyl (C=O) groups excluding carboxylic acids is 1. The average Bonchev–Trinajstić information content (AvgIpc) is 2.81. The predicted molar refractivity (Wildman–Crippen MR) is 96.7 cm³/mol. The van der Waals surface area contributed by atoms with E-state index in [1.165, 1.54) is 6.26 Å². The van der Waals surface area contributed by atoms with Gasteiger partial charge in [0.1, 0.15) is 11.5 Å². The number of nitrogens with one attached hydrogen (secondary N) is 1. The number of methoxy groups -OCH3 is 1. The molecule has 0 fully saturated rings. The first-order chi connectivity index (χ1) is 11.7. The normalized spacial score (nSPS) is 12.5. The van der Waals surface area contributed by atoms with Crippen molar-refractivity contribution in [3.63, 3.8) is 0 Å². The van der Waals surface area contributed by atoms with E-state index in [2.05, 4.69) is 21.2 Å². The van der Waals surface area contributed by atoms with E-state index < -0.39 is 0 Å². The molecule has 3 rings (SSSR count). The van der Waals surface area contributed by atoms with Gasteiger partial charge in [0.2, 0.25) is 0 Å². The number of ether oxygens (including phenoxy) is 2. The van der Waals surface area contributed by atoms with Crippen LogP contribution in [0.3, 0.4) is 0 Å². The number of fused-ring (bicyclic) bond motifs is 1. The Morgan fingerprint density at radius 1 is 1.25 bits per heavy atom. The largest absolute Gasteiger partial charge is 0.496 e. The maximum Gasteiger partial charge on any atom is 0.251 e. The topological polar surface area (TPSA) is 47.6 Å². The zero-order chi connectivity index (χ0) is 16.9. The monoisotopic (exact) mass is 385 g/mol. The molecule has 1 heterocycles. The van der Waals surface area contributed by atoms with Crippen LogP contribution in [0.1, 0.15) is 11.1 Å². The van der Waals surface area contributed by atoms with Crippen molar-refractivity contribution in [1.29, 1.82) is 0 Å². The van der Waals surface area contributed by atoms with Crippen molar-refractivity contribution in [2.75, 3.05) is 7.11 Å². The first kappa shape index (κ1) is 16.3. The second-order valence-electron chi connectivity index (χ2n) is 5.20. The molecular formula is C19H16BrNO3. The maximum absolute atomic E-state index is 12.5. The molecule has 0 aromatic heterocycles. The Labute approximate surface area is 148 Å². The van der Waals surface area contributed by atoms with E-state index in [-0.39, 0.29) is 5.91 Å². The molecule has 0 saturated carbocycles. The van der Waals surface area contributed by atoms with Gasteiger partial charge in [-0.1, -0.05) is 34.1 Å². The average molecular weight is 386 g/mol. The molecule has 0 unspecified atom stereocenters. The molecule has 4 nitrogen and oxygen atoms in total. The van der Waals surface area contributed by atoms with Gasteiger partial charge in [0.25, 0.3) is 5.91 Å². The lowest BCUT2D eigenvalue weighted by Crippen LogP contribution is -2.24. The smallest absolute Gasteiger partial charge is 0.251 e. The molecule has 0 radical (unpaired) electrons. The molecule has 1 aliphatic rings. The van der Waals surface area contributed by atoms with Crippen LogP contribution in [0, 0.1) is 0 Å². The third kappa shape index (κ3) is 3.68. The molecule has 0 bridgehead atoms. The zero-order valence-electron chi connectivity index (χ0n) is 13.1. The molecule has 2 aromatic carbocycles. The third-order valence-electron chi connectivity index (χ3n) is 3.62. The number of amides is 1. The van der Waals surface area contributed by atoms with Gasteiger partial charge in [-0.15, -0.1) is 0 Å². The van der Waals surface area contributed by atoms with Gasteiger partial charge < -0.3 is 14.8 Å². The van der Waals surface area contributed by atoms with Crippen LogP contribution in [-0.2, 0) is 11.3 Å². The van der Waals surface area contributed by atoms with E-state index in [9.17, 15) is 4.79 Å². The minimum Gasteiger partial charge on any atom is -0.496 e. The number of hydrogen-bond donors (Lipinski definition) is 1. The van der Waals surface area contributed by atoms with E-state index in [1.54, 1.807) is 19.3 Å². The predicted octanol–water partition coefficient (Wildman–Crippen LogP) is 4.06. The van der Waals surface area contributed by atoms with Gasteiger partial charge in [-0.3, -0.25) is 4.79 Å². The van der Waals surface area contributed by atoms with Gasteiger partial charge in [0.05, 0.1) is 13.4 Å². The van der Waals surface area contributed by atoms with Crippen molar-refractivity contribution in [1.82, 2.24) is 5.32 Å². The lowest BCUT2D eigenvalue weighted by molar-refractivity contribution is -0.117. The van der Waals surface area contributed by atoms with Crippen molar-refractivity contribution in [2.24, 2.45) is 0 Å². The summed E-state index contributed by atoms with van der Waals surface area (Å²) in [5.74, 6) is 1.29. The van der Waals surface area contributed by atoms with E-state index >= 15 is 0 Å². The fraction of sp³-hybridized carbons (Fsp3) is 0.105. The third-order valence-corrected chi connectivity index (χ3v) is 4.11. The van der Waals surface area contributed by atoms with Gasteiger partial charge >= 0.3 is 0 Å². The summed E-state index contributed by atoms with van der Waals surface area (Å²) in [6, 6.07) is 13.3. The Morgan fingerprint density at radius 2 is 2.08 bits per heavy atom. The molecule has 5 heteroatoms. The SMILES string of the molecule is COc1ccccc1CNC(=O)C1=Cc2cc(Br)ccc2OC=C1. The van der Waals surface area contributed by atoms with Crippen LogP contribution in [0.15, 0.2) is 64.8 Å². The molecule has 0 aliphatic carbocycles. The number of para-hydroxylation sites is 1. The van der Waals surface area contributed by atoms with E-state index in [4.69, 9.17) is 9.47 Å². The van der Waals surface area contributed by atoms with Crippen molar-refractivity contribution in [3.05, 3.63) is 76.0 Å². The summed E-state index contributed by atoms with van der Waals surface area (Å²) in [5.41, 5.74) is 2.30. The number of hydrogen-bond acceptors (Lipinski definition) is 3. The second kappa shape index (κ2) is 7.36. The highest BCUT2D eigenvalue weighted by Crippen LogP contribution is 2.28. The van der Waals surface area contributed by atoms with Crippen molar-refractivity contribution in [2.45, 2.75) is 6.54 Å². The van der Waals surface area contributed by atoms with E-state index in [0.717, 1.165) is 21.3 Å². The van der Waals surface area contributed by atoms with E-state index in [1.807, 2.05) is 42.5 Å². The second-order valence-corrected chi connectivity index (χ2v) is 6.11. The van der Waals surface area contributed by atoms with Gasteiger partial charge in [0.15, 0.2) is 0 Å². The summed E-state index contributed by atoms with van der Waals surface area (Å²) >= 11 is 3.43. The van der Waals surface area contributed by atoms with E-state index in [0.29, 0.717) is 17.9 Å². The Morgan fingerprint density at radius 3 is 2.92 bits per heavy atom. The van der Waals surface area contributed by atoms with Gasteiger partial charge in [-0.05, 0) is 36.4 Å². The fourth-order valence-electron chi connectivity index (χ4n) is 2.40. The summed E-state index contributed by atoms with van der Waals surface area (Å²) in [4.78, 5) is 12.5. The highest BCUT2D eigenvalue weighted by atomic mass is 79.9. The highest BCUT2D eigenvalue weighted by molar-refractivity contribution is 9.10. The van der Waals surface area contributed by atoms with Gasteiger partial charge in [-0.2, -0.15) is 0 Å². The number of benzene rings is 2. The molecule has 24 heavy (non-hydrogen) atoms. The van der Waals surface area contributed by atoms with Gasteiger partial charge in [0, 0.05) is 27.7 Å². The van der Waals surface area contributed by atoms with Crippen molar-refractivity contribution >= 4 is 27.9 Å².